The van der Waals surface area contributed by atoms with Crippen molar-refractivity contribution >= 4 is 49.6 Å². The van der Waals surface area contributed by atoms with E-state index >= 15 is 0 Å². The number of benzene rings is 11. The van der Waals surface area contributed by atoms with Gasteiger partial charge in [0.25, 0.3) is 0 Å². The second-order valence-corrected chi connectivity index (χ2v) is 16.9. The highest BCUT2D eigenvalue weighted by atomic mass is 15.1. The molecule has 0 fully saturated rings. The predicted molar refractivity (Wildman–Crippen MR) is 280 cm³/mol. The third-order valence-corrected chi connectivity index (χ3v) is 13.0. The molecule has 310 valence electrons. The number of fused-ring (bicyclic) bond motifs is 4. The molecule has 0 radical (unpaired) electrons. The average molecular weight is 841 g/mol. The second-order valence-electron chi connectivity index (χ2n) is 16.9. The van der Waals surface area contributed by atoms with Crippen LogP contribution in [0.3, 0.4) is 0 Å². The van der Waals surface area contributed by atoms with E-state index in [1.807, 2.05) is 0 Å². The van der Waals surface area contributed by atoms with E-state index in [1.54, 1.807) is 0 Å². The molecule has 12 aromatic rings. The van der Waals surface area contributed by atoms with Gasteiger partial charge in [-0.25, -0.2) is 0 Å². The van der Waals surface area contributed by atoms with Crippen LogP contribution in [-0.2, 0) is 0 Å². The fourth-order valence-corrected chi connectivity index (χ4v) is 9.82. The summed E-state index contributed by atoms with van der Waals surface area (Å²) in [7, 11) is 0. The standard InChI is InChI=1S/C64H44N2/c1-3-15-45(16-4-1)48-33-39-53(40-34-48)65(54-41-35-49(36-42-54)46-17-5-2-6-18-46)55-43-37-50(38-44-55)47-29-31-52(32-30-47)57-22-9-11-27-62(57)66-63-28-12-10-23-59(63)61-26-14-25-60(64(61)66)58-24-13-20-51-19-7-8-21-56(51)58/h1-44H. The fourth-order valence-electron chi connectivity index (χ4n) is 9.82. The molecule has 0 saturated carbocycles. The van der Waals surface area contributed by atoms with Crippen molar-refractivity contribution in [3.63, 3.8) is 0 Å². The number of para-hydroxylation sites is 3. The summed E-state index contributed by atoms with van der Waals surface area (Å²) in [6.07, 6.45) is 0. The van der Waals surface area contributed by atoms with Crippen LogP contribution < -0.4 is 4.90 Å². The normalized spacial score (nSPS) is 11.3. The molecule has 0 aliphatic rings. The number of rotatable bonds is 9. The molecule has 0 unspecified atom stereocenters. The summed E-state index contributed by atoms with van der Waals surface area (Å²) >= 11 is 0. The highest BCUT2D eigenvalue weighted by Gasteiger charge is 2.20. The van der Waals surface area contributed by atoms with Crippen LogP contribution in [0, 0.1) is 0 Å². The summed E-state index contributed by atoms with van der Waals surface area (Å²) in [5.41, 5.74) is 18.8. The van der Waals surface area contributed by atoms with Crippen molar-refractivity contribution in [2.45, 2.75) is 0 Å². The van der Waals surface area contributed by atoms with Gasteiger partial charge in [0, 0.05) is 39.0 Å². The van der Waals surface area contributed by atoms with Crippen molar-refractivity contribution in [3.8, 4) is 61.3 Å². The molecule has 0 N–H and O–H groups in total. The lowest BCUT2D eigenvalue weighted by Crippen LogP contribution is -2.09. The van der Waals surface area contributed by atoms with Crippen LogP contribution in [0.2, 0.25) is 0 Å². The Hall–Kier alpha value is -8.72. The molecule has 0 atom stereocenters. The van der Waals surface area contributed by atoms with Gasteiger partial charge in [0.15, 0.2) is 0 Å². The topological polar surface area (TPSA) is 8.17 Å². The summed E-state index contributed by atoms with van der Waals surface area (Å²) in [5, 5.41) is 4.99. The van der Waals surface area contributed by atoms with Crippen LogP contribution in [0.4, 0.5) is 17.1 Å². The molecule has 11 aromatic carbocycles. The first-order valence-corrected chi connectivity index (χ1v) is 22.7. The Labute approximate surface area is 385 Å². The molecular weight excluding hydrogens is 797 g/mol. The number of anilines is 3. The van der Waals surface area contributed by atoms with Gasteiger partial charge in [0.2, 0.25) is 0 Å². The molecule has 1 aromatic heterocycles. The fraction of sp³-hybridized carbons (Fsp3) is 0. The molecule has 0 spiro atoms. The summed E-state index contributed by atoms with van der Waals surface area (Å²) < 4.78 is 2.49. The minimum absolute atomic E-state index is 1.10. The molecule has 12 rings (SSSR count). The van der Waals surface area contributed by atoms with E-state index in [9.17, 15) is 0 Å². The van der Waals surface area contributed by atoms with E-state index < -0.39 is 0 Å². The van der Waals surface area contributed by atoms with Gasteiger partial charge in [0.1, 0.15) is 0 Å². The van der Waals surface area contributed by atoms with Gasteiger partial charge in [-0.15, -0.1) is 0 Å². The largest absolute Gasteiger partial charge is 0.311 e. The summed E-state index contributed by atoms with van der Waals surface area (Å²) in [4.78, 5) is 2.34. The van der Waals surface area contributed by atoms with E-state index in [0.29, 0.717) is 0 Å². The van der Waals surface area contributed by atoms with Crippen molar-refractivity contribution < 1.29 is 0 Å². The van der Waals surface area contributed by atoms with E-state index in [0.717, 1.165) is 22.7 Å². The van der Waals surface area contributed by atoms with Gasteiger partial charge in [-0.3, -0.25) is 0 Å². The van der Waals surface area contributed by atoms with E-state index in [-0.39, 0.29) is 0 Å². The number of hydrogen-bond acceptors (Lipinski definition) is 1. The first-order chi connectivity index (χ1) is 32.7. The first kappa shape index (κ1) is 38.9. The Bertz CT molecular complexity index is 3560. The third kappa shape index (κ3) is 7.02. The lowest BCUT2D eigenvalue weighted by molar-refractivity contribution is 1.18. The molecule has 0 aliphatic carbocycles. The van der Waals surface area contributed by atoms with Crippen LogP contribution in [0.25, 0.3) is 93.9 Å². The van der Waals surface area contributed by atoms with Crippen LogP contribution in [0.1, 0.15) is 0 Å². The molecular formula is C64H44N2. The maximum absolute atomic E-state index is 2.49. The third-order valence-electron chi connectivity index (χ3n) is 13.0. The van der Waals surface area contributed by atoms with E-state index in [4.69, 9.17) is 0 Å². The average Bonchev–Trinajstić information content (AvgIpc) is 3.74. The van der Waals surface area contributed by atoms with Crippen molar-refractivity contribution in [2.24, 2.45) is 0 Å². The summed E-state index contributed by atoms with van der Waals surface area (Å²) in [6, 6.07) is 96.7. The van der Waals surface area contributed by atoms with Crippen molar-refractivity contribution in [1.82, 2.24) is 4.57 Å². The zero-order valence-corrected chi connectivity index (χ0v) is 36.3. The van der Waals surface area contributed by atoms with E-state index in [2.05, 4.69) is 276 Å². The van der Waals surface area contributed by atoms with Gasteiger partial charge in [0.05, 0.1) is 16.7 Å². The highest BCUT2D eigenvalue weighted by molar-refractivity contribution is 6.16. The second kappa shape index (κ2) is 16.8. The number of aromatic nitrogens is 1. The predicted octanol–water partition coefficient (Wildman–Crippen LogP) is 17.7. The van der Waals surface area contributed by atoms with Gasteiger partial charge in [-0.2, -0.15) is 0 Å². The molecule has 66 heavy (non-hydrogen) atoms. The lowest BCUT2D eigenvalue weighted by atomic mass is 9.96. The minimum Gasteiger partial charge on any atom is -0.311 e. The Morgan fingerprint density at radius 2 is 0.636 bits per heavy atom. The Morgan fingerprint density at radius 3 is 1.24 bits per heavy atom. The zero-order valence-electron chi connectivity index (χ0n) is 36.3. The van der Waals surface area contributed by atoms with Crippen molar-refractivity contribution in [1.29, 1.82) is 0 Å². The van der Waals surface area contributed by atoms with E-state index in [1.165, 1.54) is 88.2 Å². The monoisotopic (exact) mass is 840 g/mol. The smallest absolute Gasteiger partial charge is 0.0619 e. The van der Waals surface area contributed by atoms with Crippen LogP contribution in [-0.4, -0.2) is 4.57 Å². The number of hydrogen-bond donors (Lipinski definition) is 0. The first-order valence-electron chi connectivity index (χ1n) is 22.7. The highest BCUT2D eigenvalue weighted by Crippen LogP contribution is 2.43. The Morgan fingerprint density at radius 1 is 0.242 bits per heavy atom. The quantitative estimate of drug-likeness (QED) is 0.141. The maximum Gasteiger partial charge on any atom is 0.0619 e. The molecule has 0 bridgehead atoms. The molecule has 0 amide bonds. The molecule has 2 heteroatoms. The SMILES string of the molecule is c1ccc(-c2ccc(N(c3ccc(-c4ccccc4)cc3)c3ccc(-c4ccc(-c5ccccc5-n5c6ccccc6c6cccc(-c7cccc8ccccc78)c65)cc4)cc3)cc2)cc1. The molecule has 2 nitrogen and oxygen atoms in total. The van der Waals surface area contributed by atoms with Crippen molar-refractivity contribution in [2.75, 3.05) is 4.90 Å². The van der Waals surface area contributed by atoms with Gasteiger partial charge >= 0.3 is 0 Å². The van der Waals surface area contributed by atoms with Crippen LogP contribution in [0.15, 0.2) is 267 Å². The minimum atomic E-state index is 1.10. The van der Waals surface area contributed by atoms with Crippen LogP contribution >= 0.6 is 0 Å². The van der Waals surface area contributed by atoms with Crippen molar-refractivity contribution in [3.05, 3.63) is 267 Å². The maximum atomic E-state index is 2.49. The van der Waals surface area contributed by atoms with Gasteiger partial charge in [-0.1, -0.05) is 218 Å². The Kier molecular flexibility index (Phi) is 9.89. The zero-order chi connectivity index (χ0) is 43.8. The lowest BCUT2D eigenvalue weighted by Gasteiger charge is -2.26. The summed E-state index contributed by atoms with van der Waals surface area (Å²) in [5.74, 6) is 0. The number of nitrogens with zero attached hydrogens (tertiary/aromatic N) is 2. The summed E-state index contributed by atoms with van der Waals surface area (Å²) in [6.45, 7) is 0. The van der Waals surface area contributed by atoms with Gasteiger partial charge in [-0.05, 0) is 104 Å². The van der Waals surface area contributed by atoms with Crippen LogP contribution in [0.5, 0.6) is 0 Å². The molecule has 1 heterocycles. The molecule has 0 aliphatic heterocycles. The van der Waals surface area contributed by atoms with Gasteiger partial charge < -0.3 is 9.47 Å². The molecule has 0 saturated heterocycles. The Balaban J connectivity index is 0.902.